The summed E-state index contributed by atoms with van der Waals surface area (Å²) in [6, 6.07) is 20.5. The molecule has 1 aliphatic rings. The number of rotatable bonds is 3. The summed E-state index contributed by atoms with van der Waals surface area (Å²) in [5, 5.41) is 0. The van der Waals surface area contributed by atoms with Crippen LogP contribution >= 0.6 is 0 Å². The molecule has 0 radical (unpaired) electrons. The third-order valence-corrected chi connectivity index (χ3v) is 4.98. The van der Waals surface area contributed by atoms with Gasteiger partial charge in [0.15, 0.2) is 0 Å². The van der Waals surface area contributed by atoms with Gasteiger partial charge in [0, 0.05) is 55.5 Å². The van der Waals surface area contributed by atoms with E-state index in [1.165, 1.54) is 11.3 Å². The van der Waals surface area contributed by atoms with Crippen molar-refractivity contribution in [2.45, 2.75) is 6.92 Å². The Morgan fingerprint density at radius 1 is 0.769 bits per heavy atom. The molecule has 4 nitrogen and oxygen atoms in total. The van der Waals surface area contributed by atoms with Crippen LogP contribution in [0.25, 0.3) is 5.69 Å². The molecule has 0 unspecified atom stereocenters. The molecule has 4 heteroatoms. The molecule has 1 saturated heterocycles. The van der Waals surface area contributed by atoms with Gasteiger partial charge in [-0.15, -0.1) is 0 Å². The standard InChI is InChI=1S/C22H23N3O/c1-18-4-6-19(7-5-18)22(26)25-16-14-24(15-17-25)21-10-8-20(9-11-21)23-12-2-3-13-23/h2-13H,14-17H2,1H3. The van der Waals surface area contributed by atoms with E-state index in [2.05, 4.69) is 33.7 Å². The summed E-state index contributed by atoms with van der Waals surface area (Å²) in [6.07, 6.45) is 4.09. The smallest absolute Gasteiger partial charge is 0.253 e. The molecule has 1 aliphatic heterocycles. The molecule has 0 aliphatic carbocycles. The van der Waals surface area contributed by atoms with E-state index >= 15 is 0 Å². The van der Waals surface area contributed by atoms with Crippen LogP contribution in [0.1, 0.15) is 15.9 Å². The first-order valence-corrected chi connectivity index (χ1v) is 9.05. The van der Waals surface area contributed by atoms with Crippen LogP contribution in [0.2, 0.25) is 0 Å². The normalized spacial score (nSPS) is 14.5. The third-order valence-electron chi connectivity index (χ3n) is 4.98. The molecule has 0 N–H and O–H groups in total. The number of anilines is 1. The SMILES string of the molecule is Cc1ccc(C(=O)N2CCN(c3ccc(-n4cccc4)cc3)CC2)cc1. The number of aromatic nitrogens is 1. The highest BCUT2D eigenvalue weighted by Crippen LogP contribution is 2.20. The van der Waals surface area contributed by atoms with Gasteiger partial charge in [-0.2, -0.15) is 0 Å². The first kappa shape index (κ1) is 16.5. The molecule has 1 amide bonds. The summed E-state index contributed by atoms with van der Waals surface area (Å²) in [7, 11) is 0. The Morgan fingerprint density at radius 3 is 1.96 bits per heavy atom. The molecule has 0 saturated carbocycles. The zero-order chi connectivity index (χ0) is 17.9. The minimum absolute atomic E-state index is 0.132. The highest BCUT2D eigenvalue weighted by Gasteiger charge is 2.22. The van der Waals surface area contributed by atoms with Crippen LogP contribution in [-0.4, -0.2) is 41.6 Å². The average molecular weight is 345 g/mol. The number of aryl methyl sites for hydroxylation is 1. The largest absolute Gasteiger partial charge is 0.368 e. The minimum Gasteiger partial charge on any atom is -0.368 e. The lowest BCUT2D eigenvalue weighted by atomic mass is 10.1. The first-order valence-electron chi connectivity index (χ1n) is 9.05. The Bertz CT molecular complexity index is 859. The van der Waals surface area contributed by atoms with Crippen LogP contribution in [0.3, 0.4) is 0 Å². The van der Waals surface area contributed by atoms with Crippen molar-refractivity contribution in [1.29, 1.82) is 0 Å². The van der Waals surface area contributed by atoms with E-state index in [0.29, 0.717) is 0 Å². The molecule has 2 aromatic carbocycles. The van der Waals surface area contributed by atoms with Crippen LogP contribution in [0.15, 0.2) is 73.1 Å². The lowest BCUT2D eigenvalue weighted by Crippen LogP contribution is -2.48. The van der Waals surface area contributed by atoms with Crippen molar-refractivity contribution < 1.29 is 4.79 Å². The molecule has 4 rings (SSSR count). The number of nitrogens with zero attached hydrogens (tertiary/aromatic N) is 3. The predicted molar refractivity (Wildman–Crippen MR) is 105 cm³/mol. The first-order chi connectivity index (χ1) is 12.7. The second-order valence-electron chi connectivity index (χ2n) is 6.75. The van der Waals surface area contributed by atoms with Gasteiger partial charge in [0.1, 0.15) is 0 Å². The number of hydrogen-bond acceptors (Lipinski definition) is 2. The number of amides is 1. The summed E-state index contributed by atoms with van der Waals surface area (Å²) in [5.41, 5.74) is 4.32. The van der Waals surface area contributed by atoms with Crippen molar-refractivity contribution >= 4 is 11.6 Å². The summed E-state index contributed by atoms with van der Waals surface area (Å²) in [6.45, 7) is 5.27. The molecule has 2 heterocycles. The fourth-order valence-electron chi connectivity index (χ4n) is 3.39. The third kappa shape index (κ3) is 3.36. The lowest BCUT2D eigenvalue weighted by molar-refractivity contribution is 0.0747. The quantitative estimate of drug-likeness (QED) is 0.723. The highest BCUT2D eigenvalue weighted by molar-refractivity contribution is 5.94. The van der Waals surface area contributed by atoms with E-state index in [1.54, 1.807) is 0 Å². The minimum atomic E-state index is 0.132. The Balaban J connectivity index is 1.39. The van der Waals surface area contributed by atoms with Gasteiger partial charge in [-0.1, -0.05) is 17.7 Å². The van der Waals surface area contributed by atoms with Crippen molar-refractivity contribution in [1.82, 2.24) is 9.47 Å². The van der Waals surface area contributed by atoms with E-state index in [9.17, 15) is 4.79 Å². The molecule has 3 aromatic rings. The van der Waals surface area contributed by atoms with Gasteiger partial charge in [-0.25, -0.2) is 0 Å². The Kier molecular flexibility index (Phi) is 4.48. The number of piperazine rings is 1. The van der Waals surface area contributed by atoms with Crippen molar-refractivity contribution in [2.24, 2.45) is 0 Å². The molecule has 0 bridgehead atoms. The maximum atomic E-state index is 12.6. The molecule has 132 valence electrons. The second-order valence-corrected chi connectivity index (χ2v) is 6.75. The van der Waals surface area contributed by atoms with E-state index in [1.807, 2.05) is 60.6 Å². The van der Waals surface area contributed by atoms with Crippen LogP contribution in [0.5, 0.6) is 0 Å². The van der Waals surface area contributed by atoms with Crippen molar-refractivity contribution in [3.05, 3.63) is 84.2 Å². The zero-order valence-electron chi connectivity index (χ0n) is 15.0. The van der Waals surface area contributed by atoms with Crippen LogP contribution in [0.4, 0.5) is 5.69 Å². The van der Waals surface area contributed by atoms with Gasteiger partial charge in [0.2, 0.25) is 0 Å². The Hall–Kier alpha value is -3.01. The molecule has 1 fully saturated rings. The van der Waals surface area contributed by atoms with Crippen LogP contribution in [0, 0.1) is 6.92 Å². The van der Waals surface area contributed by atoms with Gasteiger partial charge >= 0.3 is 0 Å². The van der Waals surface area contributed by atoms with Crippen LogP contribution < -0.4 is 4.90 Å². The Labute approximate surface area is 154 Å². The van der Waals surface area contributed by atoms with Crippen molar-refractivity contribution in [3.8, 4) is 5.69 Å². The summed E-state index contributed by atoms with van der Waals surface area (Å²) in [5.74, 6) is 0.132. The van der Waals surface area contributed by atoms with E-state index in [0.717, 1.165) is 37.4 Å². The zero-order valence-corrected chi connectivity index (χ0v) is 15.0. The van der Waals surface area contributed by atoms with Gasteiger partial charge in [0.05, 0.1) is 0 Å². The average Bonchev–Trinajstić information content (AvgIpc) is 3.23. The molecule has 1 aromatic heterocycles. The molecular formula is C22H23N3O. The highest BCUT2D eigenvalue weighted by atomic mass is 16.2. The second kappa shape index (κ2) is 7.08. The summed E-state index contributed by atoms with van der Waals surface area (Å²) >= 11 is 0. The maximum Gasteiger partial charge on any atom is 0.253 e. The van der Waals surface area contributed by atoms with Gasteiger partial charge in [-0.3, -0.25) is 4.79 Å². The lowest BCUT2D eigenvalue weighted by Gasteiger charge is -2.36. The Morgan fingerprint density at radius 2 is 1.35 bits per heavy atom. The fourth-order valence-corrected chi connectivity index (χ4v) is 3.39. The summed E-state index contributed by atoms with van der Waals surface area (Å²) in [4.78, 5) is 16.9. The van der Waals surface area contributed by atoms with E-state index in [-0.39, 0.29) is 5.91 Å². The molecule has 26 heavy (non-hydrogen) atoms. The van der Waals surface area contributed by atoms with Gasteiger partial charge in [0.25, 0.3) is 5.91 Å². The number of carbonyl (C=O) groups excluding carboxylic acids is 1. The topological polar surface area (TPSA) is 28.5 Å². The van der Waals surface area contributed by atoms with E-state index < -0.39 is 0 Å². The number of benzene rings is 2. The molecule has 0 atom stereocenters. The predicted octanol–water partition coefficient (Wildman–Crippen LogP) is 3.75. The maximum absolute atomic E-state index is 12.6. The van der Waals surface area contributed by atoms with Crippen molar-refractivity contribution in [2.75, 3.05) is 31.1 Å². The molecule has 0 spiro atoms. The van der Waals surface area contributed by atoms with Gasteiger partial charge in [-0.05, 0) is 55.5 Å². The monoisotopic (exact) mass is 345 g/mol. The number of carbonyl (C=O) groups is 1. The van der Waals surface area contributed by atoms with E-state index in [4.69, 9.17) is 0 Å². The molecular weight excluding hydrogens is 322 g/mol. The number of hydrogen-bond donors (Lipinski definition) is 0. The van der Waals surface area contributed by atoms with Crippen LogP contribution in [-0.2, 0) is 0 Å². The summed E-state index contributed by atoms with van der Waals surface area (Å²) < 4.78 is 2.10. The fraction of sp³-hybridized carbons (Fsp3) is 0.227. The van der Waals surface area contributed by atoms with Gasteiger partial charge < -0.3 is 14.4 Å². The van der Waals surface area contributed by atoms with Crippen molar-refractivity contribution in [3.63, 3.8) is 0 Å².